The van der Waals surface area contributed by atoms with Crippen molar-refractivity contribution in [2.75, 3.05) is 0 Å². The number of hydrogen-bond donors (Lipinski definition) is 0. The average molecular weight is 257 g/mol. The van der Waals surface area contributed by atoms with Gasteiger partial charge in [0.25, 0.3) is 0 Å². The molecule has 0 amide bonds. The van der Waals surface area contributed by atoms with Crippen LogP contribution in [-0.2, 0) is 4.79 Å². The molecule has 0 heterocycles. The lowest BCUT2D eigenvalue weighted by molar-refractivity contribution is -0.299. The molecule has 0 fully saturated rings. The van der Waals surface area contributed by atoms with Crippen molar-refractivity contribution in [3.8, 4) is 11.1 Å². The van der Waals surface area contributed by atoms with Gasteiger partial charge in [-0.15, -0.1) is 0 Å². The van der Waals surface area contributed by atoms with Crippen molar-refractivity contribution in [1.82, 2.24) is 0 Å². The van der Waals surface area contributed by atoms with Crippen molar-refractivity contribution in [3.05, 3.63) is 72.6 Å². The predicted molar refractivity (Wildman–Crippen MR) is 71.7 cm³/mol. The van der Waals surface area contributed by atoms with Gasteiger partial charge in [0.1, 0.15) is 5.82 Å². The SMILES string of the molecule is C=C(C)C(=O)[O-].Fc1ccc(-c2ccccc2)cc1. The molecule has 0 radical (unpaired) electrons. The summed E-state index contributed by atoms with van der Waals surface area (Å²) in [5, 5.41) is 9.49. The highest BCUT2D eigenvalue weighted by atomic mass is 19.1. The molecule has 0 bridgehead atoms. The van der Waals surface area contributed by atoms with Crippen LogP contribution in [0.4, 0.5) is 4.39 Å². The first-order valence-corrected chi connectivity index (χ1v) is 5.68. The van der Waals surface area contributed by atoms with Crippen LogP contribution in [0.15, 0.2) is 66.7 Å². The summed E-state index contributed by atoms with van der Waals surface area (Å²) < 4.78 is 12.6. The number of aliphatic carboxylic acids is 1. The lowest BCUT2D eigenvalue weighted by Gasteiger charge is -1.99. The Kier molecular flexibility index (Phi) is 5.48. The molecule has 2 aromatic carbocycles. The number of halogens is 1. The monoisotopic (exact) mass is 257 g/mol. The molecule has 0 saturated carbocycles. The number of carboxylic acids is 1. The zero-order valence-electron chi connectivity index (χ0n) is 10.6. The highest BCUT2D eigenvalue weighted by Crippen LogP contribution is 2.18. The fraction of sp³-hybridized carbons (Fsp3) is 0.0625. The number of hydrogen-bond acceptors (Lipinski definition) is 2. The molecule has 19 heavy (non-hydrogen) atoms. The van der Waals surface area contributed by atoms with E-state index in [2.05, 4.69) is 6.58 Å². The first-order chi connectivity index (χ1) is 9.00. The summed E-state index contributed by atoms with van der Waals surface area (Å²) in [6.07, 6.45) is 0. The highest BCUT2D eigenvalue weighted by Gasteiger charge is 1.95. The van der Waals surface area contributed by atoms with Gasteiger partial charge in [0.2, 0.25) is 0 Å². The van der Waals surface area contributed by atoms with E-state index in [-0.39, 0.29) is 11.4 Å². The van der Waals surface area contributed by atoms with Crippen molar-refractivity contribution < 1.29 is 14.3 Å². The van der Waals surface area contributed by atoms with Crippen molar-refractivity contribution in [1.29, 1.82) is 0 Å². The van der Waals surface area contributed by atoms with Crippen molar-refractivity contribution >= 4 is 5.97 Å². The Morgan fingerprint density at radius 3 is 1.84 bits per heavy atom. The molecule has 0 aliphatic rings. The molecule has 0 aliphatic carbocycles. The van der Waals surface area contributed by atoms with Crippen LogP contribution < -0.4 is 5.11 Å². The van der Waals surface area contributed by atoms with Gasteiger partial charge >= 0.3 is 0 Å². The molecule has 0 atom stereocenters. The van der Waals surface area contributed by atoms with Crippen molar-refractivity contribution in [2.45, 2.75) is 6.92 Å². The Balaban J connectivity index is 0.000000258. The Morgan fingerprint density at radius 2 is 1.42 bits per heavy atom. The molecule has 98 valence electrons. The summed E-state index contributed by atoms with van der Waals surface area (Å²) in [7, 11) is 0. The van der Waals surface area contributed by atoms with E-state index in [1.807, 2.05) is 30.3 Å². The molecular weight excluding hydrogens is 243 g/mol. The molecule has 0 aromatic heterocycles. The van der Waals surface area contributed by atoms with E-state index in [0.717, 1.165) is 11.1 Å². The predicted octanol–water partition coefficient (Wildman–Crippen LogP) is 2.81. The molecule has 3 heteroatoms. The normalized spacial score (nSPS) is 9.16. The number of carbonyl (C=O) groups is 1. The third-order valence-electron chi connectivity index (χ3n) is 2.30. The van der Waals surface area contributed by atoms with Gasteiger partial charge in [-0.25, -0.2) is 4.39 Å². The largest absolute Gasteiger partial charge is 0.545 e. The summed E-state index contributed by atoms with van der Waals surface area (Å²) in [6, 6.07) is 16.4. The second kappa shape index (κ2) is 7.11. The third kappa shape index (κ3) is 5.17. The fourth-order valence-electron chi connectivity index (χ4n) is 1.27. The summed E-state index contributed by atoms with van der Waals surface area (Å²) in [5.41, 5.74) is 2.22. The van der Waals surface area contributed by atoms with Gasteiger partial charge in [0.15, 0.2) is 0 Å². The molecule has 0 aliphatic heterocycles. The number of rotatable bonds is 2. The first-order valence-electron chi connectivity index (χ1n) is 5.68. The summed E-state index contributed by atoms with van der Waals surface area (Å²) in [5.74, 6) is -1.38. The van der Waals surface area contributed by atoms with Gasteiger partial charge < -0.3 is 9.90 Å². The van der Waals surface area contributed by atoms with E-state index >= 15 is 0 Å². The van der Waals surface area contributed by atoms with E-state index in [0.29, 0.717) is 0 Å². The summed E-state index contributed by atoms with van der Waals surface area (Å²) in [4.78, 5) is 9.49. The van der Waals surface area contributed by atoms with E-state index in [4.69, 9.17) is 0 Å². The average Bonchev–Trinajstić information content (AvgIpc) is 2.41. The molecule has 0 spiro atoms. The maximum atomic E-state index is 12.6. The number of carbonyl (C=O) groups excluding carboxylic acids is 1. The lowest BCUT2D eigenvalue weighted by atomic mass is 10.1. The van der Waals surface area contributed by atoms with E-state index in [1.165, 1.54) is 19.1 Å². The number of benzene rings is 2. The molecule has 2 nitrogen and oxygen atoms in total. The van der Waals surface area contributed by atoms with Gasteiger partial charge in [-0.1, -0.05) is 49.0 Å². The third-order valence-corrected chi connectivity index (χ3v) is 2.30. The Labute approximate surface area is 111 Å². The molecule has 0 saturated heterocycles. The molecule has 2 aromatic rings. The van der Waals surface area contributed by atoms with Gasteiger partial charge in [-0.05, 0) is 35.8 Å². The Hall–Kier alpha value is -2.42. The van der Waals surface area contributed by atoms with Gasteiger partial charge in [0.05, 0.1) is 5.97 Å². The van der Waals surface area contributed by atoms with Crippen molar-refractivity contribution in [2.24, 2.45) is 0 Å². The second-order valence-corrected chi connectivity index (χ2v) is 3.94. The van der Waals surface area contributed by atoms with Crippen LogP contribution in [-0.4, -0.2) is 5.97 Å². The zero-order valence-corrected chi connectivity index (χ0v) is 10.6. The van der Waals surface area contributed by atoms with Gasteiger partial charge in [-0.2, -0.15) is 0 Å². The van der Waals surface area contributed by atoms with E-state index < -0.39 is 5.97 Å². The summed E-state index contributed by atoms with van der Waals surface area (Å²) >= 11 is 0. The van der Waals surface area contributed by atoms with Crippen LogP contribution in [0.3, 0.4) is 0 Å². The van der Waals surface area contributed by atoms with Crippen LogP contribution in [0.2, 0.25) is 0 Å². The topological polar surface area (TPSA) is 40.1 Å². The minimum absolute atomic E-state index is 0.0648. The van der Waals surface area contributed by atoms with E-state index in [1.54, 1.807) is 12.1 Å². The highest BCUT2D eigenvalue weighted by molar-refractivity contribution is 5.82. The van der Waals surface area contributed by atoms with Crippen molar-refractivity contribution in [3.63, 3.8) is 0 Å². The second-order valence-electron chi connectivity index (χ2n) is 3.94. The zero-order chi connectivity index (χ0) is 14.3. The Morgan fingerprint density at radius 1 is 1.00 bits per heavy atom. The smallest absolute Gasteiger partial charge is 0.123 e. The standard InChI is InChI=1S/C12H9F.C4H6O2/c13-12-8-6-11(7-9-12)10-4-2-1-3-5-10;1-3(2)4(5)6/h1-9H;1H2,2H3,(H,5,6)/p-1. The van der Waals surface area contributed by atoms with Crippen LogP contribution in [0.5, 0.6) is 0 Å². The van der Waals surface area contributed by atoms with Crippen LogP contribution in [0.25, 0.3) is 11.1 Å². The van der Waals surface area contributed by atoms with Gasteiger partial charge in [-0.3, -0.25) is 0 Å². The molecule has 0 N–H and O–H groups in total. The first kappa shape index (κ1) is 14.6. The van der Waals surface area contributed by atoms with Crippen LogP contribution >= 0.6 is 0 Å². The summed E-state index contributed by atoms with van der Waals surface area (Å²) in [6.45, 7) is 4.48. The minimum atomic E-state index is -1.19. The molecule has 0 unspecified atom stereocenters. The Bertz CT molecular complexity index is 533. The maximum Gasteiger partial charge on any atom is 0.123 e. The fourth-order valence-corrected chi connectivity index (χ4v) is 1.27. The minimum Gasteiger partial charge on any atom is -0.545 e. The van der Waals surface area contributed by atoms with Crippen LogP contribution in [0.1, 0.15) is 6.92 Å². The molecular formula is C16H14FO2-. The van der Waals surface area contributed by atoms with Gasteiger partial charge in [0, 0.05) is 0 Å². The van der Waals surface area contributed by atoms with E-state index in [9.17, 15) is 14.3 Å². The number of carboxylic acid groups (broad SMARTS) is 1. The maximum absolute atomic E-state index is 12.6. The lowest BCUT2D eigenvalue weighted by Crippen LogP contribution is -2.22. The van der Waals surface area contributed by atoms with Crippen LogP contribution in [0, 0.1) is 5.82 Å². The quantitative estimate of drug-likeness (QED) is 0.776. The molecule has 2 rings (SSSR count).